The molecule has 0 saturated carbocycles. The Morgan fingerprint density at radius 2 is 1.61 bits per heavy atom. The molecule has 0 atom stereocenters. The summed E-state index contributed by atoms with van der Waals surface area (Å²) in [6, 6.07) is 7.79. The first-order valence-electron chi connectivity index (χ1n) is 6.61. The van der Waals surface area contributed by atoms with Gasteiger partial charge in [0.25, 0.3) is 11.8 Å². The molecule has 1 aromatic carbocycles. The number of benzene rings is 1. The van der Waals surface area contributed by atoms with Crippen LogP contribution in [0.3, 0.4) is 0 Å². The monoisotopic (exact) mass is 371 g/mol. The molecule has 120 valence electrons. The third-order valence-corrected chi connectivity index (χ3v) is 3.72. The molecule has 0 spiro atoms. The number of halogens is 3. The van der Waals surface area contributed by atoms with E-state index in [-0.39, 0.29) is 40.6 Å². The van der Waals surface area contributed by atoms with Crippen LogP contribution in [0.15, 0.2) is 36.5 Å². The van der Waals surface area contributed by atoms with E-state index in [0.717, 1.165) is 0 Å². The summed E-state index contributed by atoms with van der Waals surface area (Å²) in [5.74, 6) is -0.706. The number of carbonyl (C=O) groups is 2. The lowest BCUT2D eigenvalue weighted by Gasteiger charge is -2.09. The number of pyridine rings is 1. The topological polar surface area (TPSA) is 71.1 Å². The van der Waals surface area contributed by atoms with Crippen LogP contribution in [0.2, 0.25) is 15.2 Å². The van der Waals surface area contributed by atoms with Gasteiger partial charge in [0, 0.05) is 24.3 Å². The van der Waals surface area contributed by atoms with Crippen molar-refractivity contribution in [3.05, 3.63) is 62.9 Å². The Labute approximate surface area is 148 Å². The third-order valence-electron chi connectivity index (χ3n) is 2.88. The van der Waals surface area contributed by atoms with Crippen LogP contribution in [0.4, 0.5) is 0 Å². The zero-order valence-electron chi connectivity index (χ0n) is 11.8. The predicted octanol–water partition coefficient (Wildman–Crippen LogP) is 3.20. The van der Waals surface area contributed by atoms with E-state index in [4.69, 9.17) is 34.8 Å². The highest BCUT2D eigenvalue weighted by Crippen LogP contribution is 2.20. The number of amides is 2. The van der Waals surface area contributed by atoms with Gasteiger partial charge in [0.2, 0.25) is 0 Å². The maximum Gasteiger partial charge on any atom is 0.254 e. The lowest BCUT2D eigenvalue weighted by molar-refractivity contribution is 0.0927. The van der Waals surface area contributed by atoms with Crippen molar-refractivity contribution in [2.45, 2.75) is 0 Å². The van der Waals surface area contributed by atoms with E-state index in [1.807, 2.05) is 0 Å². The second-order valence-corrected chi connectivity index (χ2v) is 5.68. The fourth-order valence-corrected chi connectivity index (χ4v) is 2.47. The molecule has 0 aliphatic carbocycles. The van der Waals surface area contributed by atoms with Crippen molar-refractivity contribution in [3.63, 3.8) is 0 Å². The molecule has 23 heavy (non-hydrogen) atoms. The summed E-state index contributed by atoms with van der Waals surface area (Å²) in [6.45, 7) is 0.475. The van der Waals surface area contributed by atoms with Gasteiger partial charge in [-0.05, 0) is 30.3 Å². The van der Waals surface area contributed by atoms with Crippen LogP contribution in [0.1, 0.15) is 20.7 Å². The number of carbonyl (C=O) groups excluding carboxylic acids is 2. The fourth-order valence-electron chi connectivity index (χ4n) is 1.77. The van der Waals surface area contributed by atoms with Crippen LogP contribution < -0.4 is 10.6 Å². The highest BCUT2D eigenvalue weighted by Gasteiger charge is 2.12. The molecule has 0 aliphatic rings. The van der Waals surface area contributed by atoms with Crippen molar-refractivity contribution < 1.29 is 9.59 Å². The van der Waals surface area contributed by atoms with E-state index < -0.39 is 0 Å². The first kappa shape index (κ1) is 17.5. The van der Waals surface area contributed by atoms with E-state index >= 15 is 0 Å². The normalized spacial score (nSPS) is 10.2. The van der Waals surface area contributed by atoms with Gasteiger partial charge >= 0.3 is 0 Å². The molecule has 2 N–H and O–H groups in total. The number of hydrogen-bond donors (Lipinski definition) is 2. The molecular formula is C15H12Cl3N3O2. The van der Waals surface area contributed by atoms with E-state index in [0.29, 0.717) is 10.6 Å². The summed E-state index contributed by atoms with van der Waals surface area (Å²) in [5, 5.41) is 6.13. The van der Waals surface area contributed by atoms with Crippen LogP contribution in [0.5, 0.6) is 0 Å². The largest absolute Gasteiger partial charge is 0.350 e. The van der Waals surface area contributed by atoms with Crippen LogP contribution >= 0.6 is 34.8 Å². The Morgan fingerprint density at radius 1 is 0.957 bits per heavy atom. The Kier molecular flexibility index (Phi) is 6.21. The Morgan fingerprint density at radius 3 is 2.22 bits per heavy atom. The summed E-state index contributed by atoms with van der Waals surface area (Å²) in [7, 11) is 0. The van der Waals surface area contributed by atoms with Crippen LogP contribution in [0.25, 0.3) is 0 Å². The first-order chi connectivity index (χ1) is 11.0. The summed E-state index contributed by atoms with van der Waals surface area (Å²) in [5.41, 5.74) is 0.596. The van der Waals surface area contributed by atoms with E-state index in [1.165, 1.54) is 18.3 Å². The molecule has 2 aromatic rings. The quantitative estimate of drug-likeness (QED) is 0.625. The van der Waals surface area contributed by atoms with Crippen molar-refractivity contribution in [2.24, 2.45) is 0 Å². The predicted molar refractivity (Wildman–Crippen MR) is 90.4 cm³/mol. The minimum absolute atomic E-state index is 0.127. The minimum Gasteiger partial charge on any atom is -0.350 e. The molecule has 0 unspecified atom stereocenters. The highest BCUT2D eigenvalue weighted by molar-refractivity contribution is 6.36. The second-order valence-electron chi connectivity index (χ2n) is 4.48. The smallest absolute Gasteiger partial charge is 0.254 e. The van der Waals surface area contributed by atoms with Gasteiger partial charge in [-0.3, -0.25) is 9.59 Å². The second kappa shape index (κ2) is 8.15. The standard InChI is InChI=1S/C15H12Cl3N3O2/c16-9-3-4-10(12(17)8-9)14(22)20-6-7-21-15(23)11-2-1-5-19-13(11)18/h1-5,8H,6-7H2,(H,20,22)(H,21,23). The molecule has 0 radical (unpaired) electrons. The van der Waals surface area contributed by atoms with Gasteiger partial charge in [-0.2, -0.15) is 0 Å². The van der Waals surface area contributed by atoms with Crippen molar-refractivity contribution >= 4 is 46.6 Å². The third kappa shape index (κ3) is 4.82. The van der Waals surface area contributed by atoms with Gasteiger partial charge in [0.15, 0.2) is 0 Å². The van der Waals surface area contributed by atoms with Crippen molar-refractivity contribution in [3.8, 4) is 0 Å². The maximum absolute atomic E-state index is 12.0. The van der Waals surface area contributed by atoms with Crippen LogP contribution in [-0.2, 0) is 0 Å². The highest BCUT2D eigenvalue weighted by atomic mass is 35.5. The number of hydrogen-bond acceptors (Lipinski definition) is 3. The molecule has 5 nitrogen and oxygen atoms in total. The molecule has 8 heteroatoms. The number of nitrogens with one attached hydrogen (secondary N) is 2. The summed E-state index contributed by atoms with van der Waals surface area (Å²) >= 11 is 17.5. The number of aromatic nitrogens is 1. The Balaban J connectivity index is 1.82. The molecule has 2 amide bonds. The lowest BCUT2D eigenvalue weighted by atomic mass is 10.2. The average Bonchev–Trinajstić information content (AvgIpc) is 2.51. The van der Waals surface area contributed by atoms with Gasteiger partial charge < -0.3 is 10.6 Å². The minimum atomic E-state index is -0.359. The molecule has 1 heterocycles. The first-order valence-corrected chi connectivity index (χ1v) is 7.74. The number of rotatable bonds is 5. The van der Waals surface area contributed by atoms with Crippen molar-refractivity contribution in [2.75, 3.05) is 13.1 Å². The molecule has 2 rings (SSSR count). The van der Waals surface area contributed by atoms with Gasteiger partial charge in [-0.25, -0.2) is 4.98 Å². The van der Waals surface area contributed by atoms with Crippen molar-refractivity contribution in [1.82, 2.24) is 15.6 Å². The molecule has 1 aromatic heterocycles. The van der Waals surface area contributed by atoms with Gasteiger partial charge in [0.1, 0.15) is 5.15 Å². The molecular weight excluding hydrogens is 361 g/mol. The van der Waals surface area contributed by atoms with Crippen LogP contribution in [0, 0.1) is 0 Å². The van der Waals surface area contributed by atoms with E-state index in [9.17, 15) is 9.59 Å². The van der Waals surface area contributed by atoms with Crippen LogP contribution in [-0.4, -0.2) is 29.9 Å². The molecule has 0 aliphatic heterocycles. The lowest BCUT2D eigenvalue weighted by Crippen LogP contribution is -2.34. The Hall–Kier alpha value is -1.82. The molecule has 0 bridgehead atoms. The summed E-state index contributed by atoms with van der Waals surface area (Å²) in [4.78, 5) is 27.7. The van der Waals surface area contributed by atoms with Gasteiger partial charge in [0.05, 0.1) is 16.1 Å². The zero-order valence-corrected chi connectivity index (χ0v) is 14.0. The van der Waals surface area contributed by atoms with E-state index in [1.54, 1.807) is 18.2 Å². The molecule has 0 saturated heterocycles. The zero-order chi connectivity index (χ0) is 16.8. The average molecular weight is 373 g/mol. The molecule has 0 fully saturated rings. The summed E-state index contributed by atoms with van der Waals surface area (Å²) in [6.07, 6.45) is 1.50. The maximum atomic E-state index is 12.0. The van der Waals surface area contributed by atoms with Gasteiger partial charge in [-0.1, -0.05) is 34.8 Å². The SMILES string of the molecule is O=C(NCCNC(=O)c1cccnc1Cl)c1ccc(Cl)cc1Cl. The fraction of sp³-hybridized carbons (Fsp3) is 0.133. The summed E-state index contributed by atoms with van der Waals surface area (Å²) < 4.78 is 0. The number of nitrogens with zero attached hydrogens (tertiary/aromatic N) is 1. The van der Waals surface area contributed by atoms with Crippen molar-refractivity contribution in [1.29, 1.82) is 0 Å². The van der Waals surface area contributed by atoms with Gasteiger partial charge in [-0.15, -0.1) is 0 Å². The Bertz CT molecular complexity index is 738. The van der Waals surface area contributed by atoms with E-state index in [2.05, 4.69) is 15.6 Å².